The summed E-state index contributed by atoms with van der Waals surface area (Å²) in [5.74, 6) is 0.791. The monoisotopic (exact) mass is 611 g/mol. The molecule has 0 aliphatic carbocycles. The predicted molar refractivity (Wildman–Crippen MR) is 184 cm³/mol. The lowest BCUT2D eigenvalue weighted by molar-refractivity contribution is -0.112. The molecule has 2 heterocycles. The van der Waals surface area contributed by atoms with Gasteiger partial charge in [0.15, 0.2) is 0 Å². The molecule has 7 heteroatoms. The zero-order chi connectivity index (χ0) is 31.4. The number of nitrogens with zero attached hydrogens (tertiary/aromatic N) is 2. The summed E-state index contributed by atoms with van der Waals surface area (Å²) in [7, 11) is 2.16. The second-order valence-electron chi connectivity index (χ2n) is 12.1. The molecule has 240 valence electrons. The van der Waals surface area contributed by atoms with Crippen molar-refractivity contribution in [2.45, 2.75) is 58.5 Å². The molecule has 0 spiro atoms. The van der Waals surface area contributed by atoms with Gasteiger partial charge in [-0.2, -0.15) is 0 Å². The second kappa shape index (κ2) is 16.6. The average Bonchev–Trinajstić information content (AvgIpc) is 3.25. The van der Waals surface area contributed by atoms with E-state index in [0.717, 1.165) is 92.4 Å². The Hall–Kier alpha value is -3.65. The van der Waals surface area contributed by atoms with Crippen molar-refractivity contribution in [1.82, 2.24) is 4.90 Å². The molecule has 1 atom stereocenters. The Balaban J connectivity index is 1.26. The summed E-state index contributed by atoms with van der Waals surface area (Å²) in [5, 5.41) is 3.16. The quantitative estimate of drug-likeness (QED) is 0.192. The number of likely N-dealkylation sites (N-methyl/N-ethyl adjacent to an activating group) is 1. The number of nitrogens with one attached hydrogen (secondary N) is 1. The minimum Gasteiger partial charge on any atom is -0.491 e. The van der Waals surface area contributed by atoms with Crippen LogP contribution in [0.4, 0.5) is 11.4 Å². The van der Waals surface area contributed by atoms with Gasteiger partial charge in [0.05, 0.1) is 13.2 Å². The maximum absolute atomic E-state index is 13.6. The van der Waals surface area contributed by atoms with E-state index in [1.54, 1.807) is 0 Å². The summed E-state index contributed by atoms with van der Waals surface area (Å²) < 4.78 is 17.0. The number of ether oxygens (including phenoxy) is 3. The van der Waals surface area contributed by atoms with Crippen LogP contribution in [0.2, 0.25) is 0 Å². The normalized spacial score (nSPS) is 16.6. The van der Waals surface area contributed by atoms with Gasteiger partial charge in [-0.1, -0.05) is 44.2 Å². The highest BCUT2D eigenvalue weighted by molar-refractivity contribution is 6.07. The number of hydrogen-bond acceptors (Lipinski definition) is 6. The van der Waals surface area contributed by atoms with Gasteiger partial charge in [-0.15, -0.1) is 0 Å². The molecule has 5 rings (SSSR count). The van der Waals surface area contributed by atoms with Crippen LogP contribution in [0.25, 0.3) is 17.2 Å². The molecule has 1 N–H and O–H groups in total. The van der Waals surface area contributed by atoms with E-state index in [0.29, 0.717) is 25.7 Å². The molecule has 1 saturated heterocycles. The first kappa shape index (κ1) is 32.7. The van der Waals surface area contributed by atoms with Gasteiger partial charge in [-0.3, -0.25) is 9.69 Å². The Morgan fingerprint density at radius 2 is 1.78 bits per heavy atom. The van der Waals surface area contributed by atoms with E-state index >= 15 is 0 Å². The number of rotatable bonds is 14. The number of benzene rings is 3. The highest BCUT2D eigenvalue weighted by atomic mass is 16.5. The van der Waals surface area contributed by atoms with Crippen LogP contribution >= 0.6 is 0 Å². The number of anilines is 2. The number of amides is 1. The molecule has 0 bridgehead atoms. The Kier molecular flexibility index (Phi) is 12.1. The molecule has 3 aromatic carbocycles. The van der Waals surface area contributed by atoms with E-state index in [-0.39, 0.29) is 5.91 Å². The van der Waals surface area contributed by atoms with Gasteiger partial charge < -0.3 is 24.4 Å². The maximum atomic E-state index is 13.6. The van der Waals surface area contributed by atoms with Crippen LogP contribution in [0.5, 0.6) is 5.75 Å². The zero-order valence-electron chi connectivity index (χ0n) is 27.2. The highest BCUT2D eigenvalue weighted by Gasteiger charge is 2.21. The lowest BCUT2D eigenvalue weighted by atomic mass is 10.00. The van der Waals surface area contributed by atoms with Crippen LogP contribution in [-0.4, -0.2) is 70.0 Å². The van der Waals surface area contributed by atoms with Gasteiger partial charge >= 0.3 is 0 Å². The molecular formula is C38H49N3O4. The SMILES string of the molecule is CCCOCCOc1ccc(-c2ccc3c(c2)C=C(C(=O)Nc2ccc(CN(C)C4CCCOC4)cc2)CCN3CCC)cc1. The van der Waals surface area contributed by atoms with Gasteiger partial charge in [0, 0.05) is 55.8 Å². The topological polar surface area (TPSA) is 63.3 Å². The van der Waals surface area contributed by atoms with Gasteiger partial charge in [-0.05, 0) is 104 Å². The molecule has 2 aliphatic heterocycles. The fraction of sp³-hybridized carbons (Fsp3) is 0.447. The van der Waals surface area contributed by atoms with Crippen molar-refractivity contribution in [3.05, 3.63) is 83.4 Å². The molecule has 7 nitrogen and oxygen atoms in total. The van der Waals surface area contributed by atoms with E-state index in [1.807, 2.05) is 24.3 Å². The van der Waals surface area contributed by atoms with E-state index < -0.39 is 0 Å². The molecule has 1 fully saturated rings. The van der Waals surface area contributed by atoms with Crippen LogP contribution in [0.1, 0.15) is 57.1 Å². The van der Waals surface area contributed by atoms with Crippen molar-refractivity contribution in [3.8, 4) is 16.9 Å². The summed E-state index contributed by atoms with van der Waals surface area (Å²) in [6.07, 6.45) is 7.12. The van der Waals surface area contributed by atoms with Crippen LogP contribution < -0.4 is 15.0 Å². The number of carbonyl (C=O) groups is 1. The van der Waals surface area contributed by atoms with Gasteiger partial charge in [0.2, 0.25) is 0 Å². The zero-order valence-corrected chi connectivity index (χ0v) is 27.2. The minimum absolute atomic E-state index is 0.0432. The lowest BCUT2D eigenvalue weighted by Crippen LogP contribution is -2.37. The second-order valence-corrected chi connectivity index (χ2v) is 12.1. The molecule has 2 aliphatic rings. The maximum Gasteiger partial charge on any atom is 0.251 e. The van der Waals surface area contributed by atoms with Crippen LogP contribution in [-0.2, 0) is 20.8 Å². The molecule has 45 heavy (non-hydrogen) atoms. The fourth-order valence-corrected chi connectivity index (χ4v) is 6.06. The third-order valence-electron chi connectivity index (χ3n) is 8.57. The first-order valence-corrected chi connectivity index (χ1v) is 16.6. The van der Waals surface area contributed by atoms with E-state index in [2.05, 4.69) is 84.6 Å². The third kappa shape index (κ3) is 9.19. The smallest absolute Gasteiger partial charge is 0.251 e. The number of hydrogen-bond donors (Lipinski definition) is 1. The fourth-order valence-electron chi connectivity index (χ4n) is 6.06. The standard InChI is InChI=1S/C38H49N3O4/c1-4-19-41-20-18-32(38(42)39-34-13-8-29(9-14-34)27-40(3)35-7-6-22-44-28-35)26-33-25-31(12-17-37(33)41)30-10-15-36(16-11-30)45-24-23-43-21-5-2/h8-17,25-26,35H,4-7,18-24,27-28H2,1-3H3,(H,39,42). The lowest BCUT2D eigenvalue weighted by Gasteiger charge is -2.31. The van der Waals surface area contributed by atoms with E-state index in [9.17, 15) is 4.79 Å². The summed E-state index contributed by atoms with van der Waals surface area (Å²) >= 11 is 0. The van der Waals surface area contributed by atoms with Crippen molar-refractivity contribution in [1.29, 1.82) is 0 Å². The predicted octanol–water partition coefficient (Wildman–Crippen LogP) is 7.41. The van der Waals surface area contributed by atoms with Crippen molar-refractivity contribution in [2.24, 2.45) is 0 Å². The molecule has 0 saturated carbocycles. The number of fused-ring (bicyclic) bond motifs is 1. The summed E-state index contributed by atoms with van der Waals surface area (Å²) in [6.45, 7) is 10.5. The largest absolute Gasteiger partial charge is 0.491 e. The molecule has 3 aromatic rings. The first-order valence-electron chi connectivity index (χ1n) is 16.6. The average molecular weight is 612 g/mol. The van der Waals surface area contributed by atoms with Crippen LogP contribution in [0.15, 0.2) is 72.3 Å². The summed E-state index contributed by atoms with van der Waals surface area (Å²) in [4.78, 5) is 18.3. The van der Waals surface area contributed by atoms with Crippen LogP contribution in [0, 0.1) is 0 Å². The Morgan fingerprint density at radius 1 is 0.978 bits per heavy atom. The molecule has 1 amide bonds. The van der Waals surface area contributed by atoms with Crippen molar-refractivity contribution in [3.63, 3.8) is 0 Å². The Morgan fingerprint density at radius 3 is 2.51 bits per heavy atom. The van der Waals surface area contributed by atoms with Crippen molar-refractivity contribution in [2.75, 3.05) is 63.4 Å². The Labute approximate surface area is 269 Å². The number of carbonyl (C=O) groups excluding carboxylic acids is 1. The molecule has 0 radical (unpaired) electrons. The Bertz CT molecular complexity index is 1400. The summed E-state index contributed by atoms with van der Waals surface area (Å²) in [6, 6.07) is 23.5. The van der Waals surface area contributed by atoms with Crippen molar-refractivity contribution < 1.29 is 19.0 Å². The van der Waals surface area contributed by atoms with E-state index in [1.165, 1.54) is 17.7 Å². The minimum atomic E-state index is -0.0432. The third-order valence-corrected chi connectivity index (χ3v) is 8.57. The van der Waals surface area contributed by atoms with Crippen molar-refractivity contribution >= 4 is 23.4 Å². The van der Waals surface area contributed by atoms with Gasteiger partial charge in [-0.25, -0.2) is 0 Å². The molecule has 0 aromatic heterocycles. The van der Waals surface area contributed by atoms with Gasteiger partial charge in [0.1, 0.15) is 12.4 Å². The van der Waals surface area contributed by atoms with Crippen LogP contribution in [0.3, 0.4) is 0 Å². The highest BCUT2D eigenvalue weighted by Crippen LogP contribution is 2.33. The van der Waals surface area contributed by atoms with Gasteiger partial charge in [0.25, 0.3) is 5.91 Å². The molecular weight excluding hydrogens is 562 g/mol. The summed E-state index contributed by atoms with van der Waals surface area (Å²) in [5.41, 5.74) is 7.31. The molecule has 1 unspecified atom stereocenters. The van der Waals surface area contributed by atoms with E-state index in [4.69, 9.17) is 14.2 Å². The first-order chi connectivity index (χ1) is 22.0.